The number of thiocarbonyl (C=S) groups is 1. The van der Waals surface area contributed by atoms with E-state index >= 15 is 0 Å². The second-order valence-electron chi connectivity index (χ2n) is 4.70. The van der Waals surface area contributed by atoms with Crippen molar-refractivity contribution in [1.29, 1.82) is 0 Å². The molecule has 1 unspecified atom stereocenters. The third-order valence-electron chi connectivity index (χ3n) is 3.11. The molecule has 21 heavy (non-hydrogen) atoms. The van der Waals surface area contributed by atoms with Crippen LogP contribution in [0.5, 0.6) is 0 Å². The second-order valence-corrected chi connectivity index (χ2v) is 5.14. The molecule has 0 aliphatic carbocycles. The molecule has 1 rings (SSSR count). The van der Waals surface area contributed by atoms with Gasteiger partial charge in [0.1, 0.15) is 0 Å². The average molecular weight is 319 g/mol. The monoisotopic (exact) mass is 319 g/mol. The zero-order chi connectivity index (χ0) is 16.3. The summed E-state index contributed by atoms with van der Waals surface area (Å²) in [6, 6.07) is 3.54. The predicted octanol–water partition coefficient (Wildman–Crippen LogP) is 3.28. The van der Waals surface area contributed by atoms with E-state index in [1.165, 1.54) is 12.1 Å². The van der Waals surface area contributed by atoms with Crippen LogP contribution in [0, 0.1) is 0 Å². The lowest BCUT2D eigenvalue weighted by Crippen LogP contribution is -2.55. The molecular weight excluding hydrogens is 303 g/mol. The summed E-state index contributed by atoms with van der Waals surface area (Å²) in [5.41, 5.74) is 4.15. The molecule has 0 radical (unpaired) electrons. The molecule has 0 bridgehead atoms. The molecule has 1 aromatic rings. The molecule has 4 N–H and O–H groups in total. The van der Waals surface area contributed by atoms with Gasteiger partial charge in [0.2, 0.25) is 0 Å². The fourth-order valence-electron chi connectivity index (χ4n) is 1.48. The van der Waals surface area contributed by atoms with Crippen molar-refractivity contribution in [2.45, 2.75) is 32.0 Å². The number of alkyl halides is 3. The number of nitrogens with one attached hydrogen (secondary N) is 2. The Hall–Kier alpha value is -1.83. The number of halogens is 3. The number of carbonyl (C=O) groups excluding carboxylic acids is 1. The van der Waals surface area contributed by atoms with Crippen LogP contribution in [-0.2, 0) is 6.18 Å². The van der Waals surface area contributed by atoms with Crippen molar-refractivity contribution in [2.24, 2.45) is 5.73 Å². The molecule has 0 heterocycles. The quantitative estimate of drug-likeness (QED) is 0.746. The lowest BCUT2D eigenvalue weighted by Gasteiger charge is -2.28. The van der Waals surface area contributed by atoms with Gasteiger partial charge in [0.15, 0.2) is 0 Å². The molecule has 2 amide bonds. The minimum Gasteiger partial charge on any atom is -0.391 e. The van der Waals surface area contributed by atoms with Crippen LogP contribution in [0.25, 0.3) is 0 Å². The van der Waals surface area contributed by atoms with Crippen molar-refractivity contribution in [1.82, 2.24) is 5.32 Å². The standard InChI is InChI=1S/C13H16F3N3OS/c1-3-12(2,10(17)21)19-11(20)18-9-6-4-8(5-7-9)13(14,15)16/h4-7H,3H2,1-2H3,(H2,17,21)(H2,18,19,20). The van der Waals surface area contributed by atoms with Crippen molar-refractivity contribution < 1.29 is 18.0 Å². The van der Waals surface area contributed by atoms with Crippen molar-refractivity contribution in [3.8, 4) is 0 Å². The first-order valence-electron chi connectivity index (χ1n) is 6.15. The maximum Gasteiger partial charge on any atom is 0.416 e. The van der Waals surface area contributed by atoms with Gasteiger partial charge in [-0.05, 0) is 37.6 Å². The van der Waals surface area contributed by atoms with Crippen LogP contribution in [0.4, 0.5) is 23.7 Å². The fourth-order valence-corrected chi connectivity index (χ4v) is 1.68. The van der Waals surface area contributed by atoms with Crippen LogP contribution in [-0.4, -0.2) is 16.6 Å². The maximum absolute atomic E-state index is 12.4. The van der Waals surface area contributed by atoms with Crippen LogP contribution in [0.15, 0.2) is 24.3 Å². The molecule has 8 heteroatoms. The second kappa shape index (κ2) is 6.30. The number of hydrogen-bond acceptors (Lipinski definition) is 2. The Morgan fingerprint density at radius 2 is 1.81 bits per heavy atom. The molecule has 0 aliphatic rings. The SMILES string of the molecule is CCC(C)(NC(=O)Nc1ccc(C(F)(F)F)cc1)C(N)=S. The third kappa shape index (κ3) is 4.59. The molecule has 0 spiro atoms. The predicted molar refractivity (Wildman–Crippen MR) is 79.1 cm³/mol. The van der Waals surface area contributed by atoms with E-state index in [2.05, 4.69) is 10.6 Å². The van der Waals surface area contributed by atoms with Crippen molar-refractivity contribution in [2.75, 3.05) is 5.32 Å². The zero-order valence-corrected chi connectivity index (χ0v) is 12.4. The highest BCUT2D eigenvalue weighted by atomic mass is 32.1. The number of anilines is 1. The number of benzene rings is 1. The van der Waals surface area contributed by atoms with E-state index < -0.39 is 23.3 Å². The highest BCUT2D eigenvalue weighted by Crippen LogP contribution is 2.29. The maximum atomic E-state index is 12.4. The molecule has 0 fully saturated rings. The van der Waals surface area contributed by atoms with E-state index in [4.69, 9.17) is 18.0 Å². The number of urea groups is 1. The summed E-state index contributed by atoms with van der Waals surface area (Å²) in [5.74, 6) is 0. The van der Waals surface area contributed by atoms with E-state index in [0.29, 0.717) is 6.42 Å². The summed E-state index contributed by atoms with van der Waals surface area (Å²) < 4.78 is 37.2. The first-order valence-corrected chi connectivity index (χ1v) is 6.55. The molecular formula is C13H16F3N3OS. The molecule has 4 nitrogen and oxygen atoms in total. The van der Waals surface area contributed by atoms with Gasteiger partial charge in [-0.3, -0.25) is 0 Å². The minimum absolute atomic E-state index is 0.132. The Morgan fingerprint density at radius 3 is 2.19 bits per heavy atom. The lowest BCUT2D eigenvalue weighted by molar-refractivity contribution is -0.137. The molecule has 1 atom stereocenters. The molecule has 1 aromatic carbocycles. The molecule has 116 valence electrons. The molecule has 0 saturated heterocycles. The largest absolute Gasteiger partial charge is 0.416 e. The van der Waals surface area contributed by atoms with Gasteiger partial charge in [-0.15, -0.1) is 0 Å². The normalized spacial score (nSPS) is 14.1. The van der Waals surface area contributed by atoms with Gasteiger partial charge in [0, 0.05) is 5.69 Å². The Balaban J connectivity index is 2.74. The van der Waals surface area contributed by atoms with Gasteiger partial charge >= 0.3 is 12.2 Å². The number of nitrogens with two attached hydrogens (primary N) is 1. The van der Waals surface area contributed by atoms with Gasteiger partial charge in [0.25, 0.3) is 0 Å². The lowest BCUT2D eigenvalue weighted by atomic mass is 9.99. The summed E-state index contributed by atoms with van der Waals surface area (Å²) >= 11 is 4.88. The van der Waals surface area contributed by atoms with Crippen LogP contribution in [0.3, 0.4) is 0 Å². The first-order chi connectivity index (χ1) is 9.58. The Labute approximate surface area is 125 Å². The van der Waals surface area contributed by atoms with Gasteiger partial charge in [-0.2, -0.15) is 13.2 Å². The zero-order valence-electron chi connectivity index (χ0n) is 11.5. The summed E-state index contributed by atoms with van der Waals surface area (Å²) in [4.78, 5) is 11.9. The number of carbonyl (C=O) groups is 1. The topological polar surface area (TPSA) is 67.2 Å². The van der Waals surface area contributed by atoms with Gasteiger partial charge < -0.3 is 16.4 Å². The van der Waals surface area contributed by atoms with Gasteiger partial charge in [0.05, 0.1) is 16.1 Å². The summed E-state index contributed by atoms with van der Waals surface area (Å²) in [6.07, 6.45) is -3.92. The number of hydrogen-bond donors (Lipinski definition) is 3. The van der Waals surface area contributed by atoms with Gasteiger partial charge in [-0.1, -0.05) is 19.1 Å². The molecule has 0 aliphatic heterocycles. The summed E-state index contributed by atoms with van der Waals surface area (Å²) in [7, 11) is 0. The Kier molecular flexibility index (Phi) is 5.16. The highest BCUT2D eigenvalue weighted by Gasteiger charge is 2.30. The van der Waals surface area contributed by atoms with E-state index in [-0.39, 0.29) is 10.7 Å². The Morgan fingerprint density at radius 1 is 1.29 bits per heavy atom. The average Bonchev–Trinajstić information content (AvgIpc) is 2.37. The van der Waals surface area contributed by atoms with E-state index in [1.807, 2.05) is 0 Å². The number of amides is 2. The molecule has 0 aromatic heterocycles. The third-order valence-corrected chi connectivity index (χ3v) is 3.56. The minimum atomic E-state index is -4.41. The summed E-state index contributed by atoms with van der Waals surface area (Å²) in [6.45, 7) is 3.47. The highest BCUT2D eigenvalue weighted by molar-refractivity contribution is 7.80. The van der Waals surface area contributed by atoms with Crippen molar-refractivity contribution in [3.63, 3.8) is 0 Å². The van der Waals surface area contributed by atoms with E-state index in [0.717, 1.165) is 12.1 Å². The fraction of sp³-hybridized carbons (Fsp3) is 0.385. The first kappa shape index (κ1) is 17.2. The summed E-state index contributed by atoms with van der Waals surface area (Å²) in [5, 5.41) is 5.03. The van der Waals surface area contributed by atoms with E-state index in [1.54, 1.807) is 13.8 Å². The number of rotatable bonds is 4. The van der Waals surface area contributed by atoms with Crippen LogP contribution >= 0.6 is 12.2 Å². The van der Waals surface area contributed by atoms with Crippen LogP contribution < -0.4 is 16.4 Å². The van der Waals surface area contributed by atoms with Crippen LogP contribution in [0.1, 0.15) is 25.8 Å². The van der Waals surface area contributed by atoms with Crippen LogP contribution in [0.2, 0.25) is 0 Å². The van der Waals surface area contributed by atoms with Crippen molar-refractivity contribution >= 4 is 28.9 Å². The molecule has 0 saturated carbocycles. The Bertz CT molecular complexity index is 530. The van der Waals surface area contributed by atoms with Gasteiger partial charge in [-0.25, -0.2) is 4.79 Å². The van der Waals surface area contributed by atoms with E-state index in [9.17, 15) is 18.0 Å². The van der Waals surface area contributed by atoms with Crippen molar-refractivity contribution in [3.05, 3.63) is 29.8 Å². The smallest absolute Gasteiger partial charge is 0.391 e.